The van der Waals surface area contributed by atoms with Gasteiger partial charge in [0.1, 0.15) is 18.2 Å². The smallest absolute Gasteiger partial charge is 0.253 e. The van der Waals surface area contributed by atoms with Gasteiger partial charge in [-0.05, 0) is 12.1 Å². The highest BCUT2D eigenvalue weighted by Gasteiger charge is 2.08. The second kappa shape index (κ2) is 7.00. The van der Waals surface area contributed by atoms with Crippen LogP contribution in [0.3, 0.4) is 0 Å². The van der Waals surface area contributed by atoms with E-state index in [1.165, 1.54) is 17.8 Å². The molecule has 1 heterocycles. The van der Waals surface area contributed by atoms with Crippen molar-refractivity contribution in [3.05, 3.63) is 40.7 Å². The van der Waals surface area contributed by atoms with Crippen molar-refractivity contribution in [2.45, 2.75) is 11.3 Å². The number of ether oxygens (including phenoxy) is 1. The van der Waals surface area contributed by atoms with E-state index in [2.05, 4.69) is 9.97 Å². The maximum absolute atomic E-state index is 11.2. The molecule has 0 fully saturated rings. The van der Waals surface area contributed by atoms with Crippen LogP contribution in [0.1, 0.15) is 0 Å². The first-order valence-electron chi connectivity index (χ1n) is 6.19. The highest BCUT2D eigenvalue weighted by atomic mass is 32.2. The Morgan fingerprint density at radius 3 is 2.90 bits per heavy atom. The number of anilines is 2. The van der Waals surface area contributed by atoms with Crippen LogP contribution in [0, 0.1) is 0 Å². The number of benzene rings is 1. The van der Waals surface area contributed by atoms with Crippen LogP contribution in [0.4, 0.5) is 11.5 Å². The van der Waals surface area contributed by atoms with Crippen LogP contribution in [-0.2, 0) is 0 Å². The second-order valence-electron chi connectivity index (χ2n) is 4.32. The molecule has 0 aliphatic rings. The number of rotatable bonds is 6. The molecule has 1 aromatic carbocycles. The largest absolute Gasteiger partial charge is 0.491 e. The second-order valence-corrected chi connectivity index (χ2v) is 5.33. The van der Waals surface area contributed by atoms with Gasteiger partial charge in [-0.3, -0.25) is 4.79 Å². The van der Waals surface area contributed by atoms with Gasteiger partial charge in [0, 0.05) is 23.6 Å². The number of nitrogens with two attached hydrogens (primary N) is 2. The Balaban J connectivity index is 1.82. The molecule has 7 nitrogen and oxygen atoms in total. The minimum Gasteiger partial charge on any atom is -0.491 e. The number of aromatic nitrogens is 2. The van der Waals surface area contributed by atoms with E-state index in [-0.39, 0.29) is 18.0 Å². The number of H-pyrrole nitrogens is 1. The number of nitrogens with zero attached hydrogens (tertiary/aromatic N) is 1. The lowest BCUT2D eigenvalue weighted by Gasteiger charge is -2.12. The standard InChI is InChI=1S/C13H16N4O3S/c14-8-2-1-3-10(4-8)20-6-9(18)7-21-13-16-11(15)5-12(19)17-13/h1-5,9,18H,6-7,14H2,(H3,15,16,17,19). The molecule has 6 N–H and O–H groups in total. The van der Waals surface area contributed by atoms with E-state index in [1.54, 1.807) is 24.3 Å². The number of aliphatic hydroxyl groups excluding tert-OH is 1. The van der Waals surface area contributed by atoms with Gasteiger partial charge in [-0.1, -0.05) is 17.8 Å². The van der Waals surface area contributed by atoms with Crippen molar-refractivity contribution in [1.29, 1.82) is 0 Å². The van der Waals surface area contributed by atoms with Crippen molar-refractivity contribution in [2.24, 2.45) is 0 Å². The molecule has 0 bridgehead atoms. The molecule has 0 saturated heterocycles. The summed E-state index contributed by atoms with van der Waals surface area (Å²) in [7, 11) is 0. The lowest BCUT2D eigenvalue weighted by molar-refractivity contribution is 0.126. The predicted octanol–water partition coefficient (Wildman–Crippen LogP) is 0.466. The van der Waals surface area contributed by atoms with Gasteiger partial charge >= 0.3 is 0 Å². The fourth-order valence-corrected chi connectivity index (χ4v) is 2.33. The van der Waals surface area contributed by atoms with Crippen molar-refractivity contribution < 1.29 is 9.84 Å². The number of aromatic amines is 1. The monoisotopic (exact) mass is 308 g/mol. The van der Waals surface area contributed by atoms with Gasteiger partial charge in [0.15, 0.2) is 5.16 Å². The average Bonchev–Trinajstić information content (AvgIpc) is 2.42. The van der Waals surface area contributed by atoms with Crippen LogP contribution in [0.25, 0.3) is 0 Å². The molecule has 0 aliphatic carbocycles. The maximum atomic E-state index is 11.2. The number of aliphatic hydroxyl groups is 1. The third-order valence-electron chi connectivity index (χ3n) is 2.45. The molecule has 1 aromatic heterocycles. The molecular weight excluding hydrogens is 292 g/mol. The Morgan fingerprint density at radius 1 is 1.38 bits per heavy atom. The molecule has 21 heavy (non-hydrogen) atoms. The molecule has 0 amide bonds. The first-order chi connectivity index (χ1) is 10.0. The van der Waals surface area contributed by atoms with Gasteiger partial charge in [-0.2, -0.15) is 0 Å². The number of hydrogen-bond acceptors (Lipinski definition) is 7. The van der Waals surface area contributed by atoms with E-state index in [9.17, 15) is 9.90 Å². The van der Waals surface area contributed by atoms with Crippen molar-refractivity contribution >= 4 is 23.3 Å². The van der Waals surface area contributed by atoms with Crippen LogP contribution < -0.4 is 21.8 Å². The van der Waals surface area contributed by atoms with Gasteiger partial charge in [0.2, 0.25) is 0 Å². The Kier molecular flexibility index (Phi) is 5.07. The minimum atomic E-state index is -0.719. The van der Waals surface area contributed by atoms with Crippen LogP contribution in [0.2, 0.25) is 0 Å². The molecule has 0 aliphatic heterocycles. The topological polar surface area (TPSA) is 127 Å². The van der Waals surface area contributed by atoms with E-state index in [1.807, 2.05) is 0 Å². The minimum absolute atomic E-state index is 0.114. The van der Waals surface area contributed by atoms with E-state index >= 15 is 0 Å². The third-order valence-corrected chi connectivity index (χ3v) is 3.47. The van der Waals surface area contributed by atoms with Crippen molar-refractivity contribution in [3.8, 4) is 5.75 Å². The number of thioether (sulfide) groups is 1. The van der Waals surface area contributed by atoms with Crippen molar-refractivity contribution in [1.82, 2.24) is 9.97 Å². The SMILES string of the molecule is Nc1cccc(OCC(O)CSc2nc(N)cc(=O)[nH]2)c1. The van der Waals surface area contributed by atoms with Crippen LogP contribution in [0.15, 0.2) is 40.3 Å². The van der Waals surface area contributed by atoms with E-state index in [4.69, 9.17) is 16.2 Å². The van der Waals surface area contributed by atoms with Crippen LogP contribution in [-0.4, -0.2) is 33.5 Å². The summed E-state index contributed by atoms with van der Waals surface area (Å²) in [5.74, 6) is 1.05. The van der Waals surface area contributed by atoms with E-state index < -0.39 is 6.10 Å². The molecule has 8 heteroatoms. The third kappa shape index (κ3) is 5.01. The molecule has 112 valence electrons. The zero-order chi connectivity index (χ0) is 15.2. The summed E-state index contributed by atoms with van der Waals surface area (Å²) >= 11 is 1.19. The molecule has 1 unspecified atom stereocenters. The average molecular weight is 308 g/mol. The van der Waals surface area contributed by atoms with Gasteiger partial charge in [-0.15, -0.1) is 0 Å². The lowest BCUT2D eigenvalue weighted by atomic mass is 10.3. The van der Waals surface area contributed by atoms with Crippen LogP contribution >= 0.6 is 11.8 Å². The van der Waals surface area contributed by atoms with Gasteiger partial charge < -0.3 is 26.3 Å². The Bertz CT molecular complexity index is 662. The first-order valence-corrected chi connectivity index (χ1v) is 7.17. The molecule has 0 saturated carbocycles. The number of hydrogen-bond donors (Lipinski definition) is 4. The number of nitrogens with one attached hydrogen (secondary N) is 1. The predicted molar refractivity (Wildman–Crippen MR) is 82.4 cm³/mol. The summed E-state index contributed by atoms with van der Waals surface area (Å²) in [6.45, 7) is 0.114. The highest BCUT2D eigenvalue weighted by molar-refractivity contribution is 7.99. The zero-order valence-corrected chi connectivity index (χ0v) is 12.0. The summed E-state index contributed by atoms with van der Waals surface area (Å²) < 4.78 is 5.42. The normalized spacial score (nSPS) is 12.0. The fourth-order valence-electron chi connectivity index (χ4n) is 1.54. The summed E-state index contributed by atoms with van der Waals surface area (Å²) in [5, 5.41) is 10.2. The number of nitrogen functional groups attached to an aromatic ring is 2. The molecule has 1 atom stereocenters. The molecule has 2 aromatic rings. The summed E-state index contributed by atoms with van der Waals surface area (Å²) in [6.07, 6.45) is -0.719. The fraction of sp³-hybridized carbons (Fsp3) is 0.231. The molecule has 2 rings (SSSR count). The van der Waals surface area contributed by atoms with E-state index in [0.29, 0.717) is 22.3 Å². The summed E-state index contributed by atoms with van der Waals surface area (Å²) in [4.78, 5) is 17.7. The Labute approximate surface area is 125 Å². The highest BCUT2D eigenvalue weighted by Crippen LogP contribution is 2.16. The lowest BCUT2D eigenvalue weighted by Crippen LogP contribution is -2.20. The molecule has 0 radical (unpaired) electrons. The van der Waals surface area contributed by atoms with Gasteiger partial charge in [-0.25, -0.2) is 4.98 Å². The Morgan fingerprint density at radius 2 is 2.19 bits per heavy atom. The van der Waals surface area contributed by atoms with E-state index in [0.717, 1.165) is 0 Å². The van der Waals surface area contributed by atoms with Gasteiger partial charge in [0.05, 0.1) is 6.10 Å². The van der Waals surface area contributed by atoms with Crippen LogP contribution in [0.5, 0.6) is 5.75 Å². The van der Waals surface area contributed by atoms with Crippen molar-refractivity contribution in [2.75, 3.05) is 23.8 Å². The molecule has 0 spiro atoms. The Hall–Kier alpha value is -2.19. The summed E-state index contributed by atoms with van der Waals surface area (Å²) in [5.41, 5.74) is 11.4. The quantitative estimate of drug-likeness (QED) is 0.347. The zero-order valence-electron chi connectivity index (χ0n) is 11.2. The maximum Gasteiger partial charge on any atom is 0.253 e. The van der Waals surface area contributed by atoms with Gasteiger partial charge in [0.25, 0.3) is 5.56 Å². The first kappa shape index (κ1) is 15.2. The summed E-state index contributed by atoms with van der Waals surface area (Å²) in [6, 6.07) is 8.15. The van der Waals surface area contributed by atoms with Crippen molar-refractivity contribution in [3.63, 3.8) is 0 Å². The molecular formula is C13H16N4O3S.